The Balaban J connectivity index is 3.34. The maximum atomic E-state index is 5.52. The molecule has 0 heterocycles. The quantitative estimate of drug-likeness (QED) is 0.622. The summed E-state index contributed by atoms with van der Waals surface area (Å²) >= 11 is -2.31. The van der Waals surface area contributed by atoms with Crippen molar-refractivity contribution in [3.63, 3.8) is 0 Å². The summed E-state index contributed by atoms with van der Waals surface area (Å²) in [4.78, 5) is 0. The first-order valence-electron chi connectivity index (χ1n) is 4.60. The third-order valence-electron chi connectivity index (χ3n) is 1.24. The minimum absolute atomic E-state index is 0.709. The predicted octanol–water partition coefficient (Wildman–Crippen LogP) is 2.24. The van der Waals surface area contributed by atoms with E-state index in [0.29, 0.717) is 13.2 Å². The van der Waals surface area contributed by atoms with E-state index in [1.807, 2.05) is 13.8 Å². The summed E-state index contributed by atoms with van der Waals surface area (Å²) in [7, 11) is 0. The van der Waals surface area contributed by atoms with Crippen LogP contribution in [-0.2, 0) is 31.5 Å². The van der Waals surface area contributed by atoms with E-state index in [1.165, 1.54) is 0 Å². The molecule has 0 aromatic rings. The molecule has 0 aliphatic heterocycles. The number of hydrogen-bond acceptors (Lipinski definition) is 3. The topological polar surface area (TPSA) is 27.7 Å². The van der Waals surface area contributed by atoms with Gasteiger partial charge in [-0.15, -0.1) is 0 Å². The molecule has 0 spiro atoms. The van der Waals surface area contributed by atoms with E-state index in [1.54, 1.807) is 0 Å². The van der Waals surface area contributed by atoms with Crippen LogP contribution < -0.4 is 0 Å². The van der Waals surface area contributed by atoms with Crippen molar-refractivity contribution in [1.82, 2.24) is 0 Å². The average molecular weight is 254 g/mol. The molecule has 0 aromatic heterocycles. The van der Waals surface area contributed by atoms with Gasteiger partial charge in [-0.1, -0.05) is 0 Å². The molecule has 0 aliphatic rings. The fraction of sp³-hybridized carbons (Fsp3) is 1.00. The van der Waals surface area contributed by atoms with Gasteiger partial charge in [0.15, 0.2) is 0 Å². The summed E-state index contributed by atoms with van der Waals surface area (Å²) in [5.74, 6) is 0. The Morgan fingerprint density at radius 1 is 0.917 bits per heavy atom. The molecule has 0 saturated carbocycles. The molecule has 0 rings (SSSR count). The third kappa shape index (κ3) is 7.41. The van der Waals surface area contributed by atoms with Gasteiger partial charge in [0.2, 0.25) is 0 Å². The van der Waals surface area contributed by atoms with Crippen LogP contribution in [0.4, 0.5) is 0 Å². The van der Waals surface area contributed by atoms with E-state index >= 15 is 0 Å². The molecule has 0 unspecified atom stereocenters. The van der Waals surface area contributed by atoms with E-state index in [0.717, 1.165) is 19.4 Å². The van der Waals surface area contributed by atoms with Crippen LogP contribution in [0, 0.1) is 0 Å². The molecule has 73 valence electrons. The fourth-order valence-corrected chi connectivity index (χ4v) is 3.20. The van der Waals surface area contributed by atoms with Crippen molar-refractivity contribution < 1.29 is 31.5 Å². The second-order valence-corrected chi connectivity index (χ2v) is 5.68. The molecular weight excluding hydrogens is 235 g/mol. The first kappa shape index (κ1) is 12.8. The Bertz CT molecular complexity index is 84.4. The first-order chi connectivity index (χ1) is 5.85. The van der Waals surface area contributed by atoms with Gasteiger partial charge in [-0.05, 0) is 0 Å². The van der Waals surface area contributed by atoms with Crippen molar-refractivity contribution in [2.75, 3.05) is 19.8 Å². The fourth-order valence-electron chi connectivity index (χ4n) is 0.661. The van der Waals surface area contributed by atoms with Gasteiger partial charge in [0.1, 0.15) is 0 Å². The molecule has 0 amide bonds. The third-order valence-corrected chi connectivity index (χ3v) is 4.90. The van der Waals surface area contributed by atoms with E-state index in [4.69, 9.17) is 8.44 Å². The van der Waals surface area contributed by atoms with Crippen LogP contribution in [0.5, 0.6) is 0 Å². The molecule has 0 radical (unpaired) electrons. The molecule has 3 nitrogen and oxygen atoms in total. The molecule has 4 heteroatoms. The van der Waals surface area contributed by atoms with Gasteiger partial charge in [-0.3, -0.25) is 0 Å². The standard InChI is InChI=1S/C4H9O.2C2H5O.Zr/c1-2-3-4-5;2*1-2-3;/h2-4H2,1H3;2*2H2,1H3;/q3*-1;+3. The van der Waals surface area contributed by atoms with Gasteiger partial charge in [0.05, 0.1) is 0 Å². The summed E-state index contributed by atoms with van der Waals surface area (Å²) in [5, 5.41) is 0. The van der Waals surface area contributed by atoms with Crippen molar-refractivity contribution in [2.24, 2.45) is 0 Å². The maximum absolute atomic E-state index is 5.52. The van der Waals surface area contributed by atoms with Crippen LogP contribution in [0.3, 0.4) is 0 Å². The zero-order valence-corrected chi connectivity index (χ0v) is 10.7. The Kier molecular flexibility index (Phi) is 10.5. The number of rotatable bonds is 8. The number of hydrogen-bond donors (Lipinski definition) is 0. The SMILES string of the molecule is CCCC[O][Zr]([O]CC)[O]CC. The Morgan fingerprint density at radius 3 is 1.92 bits per heavy atom. The Morgan fingerprint density at radius 2 is 1.50 bits per heavy atom. The second-order valence-electron chi connectivity index (χ2n) is 2.32. The zero-order valence-electron chi connectivity index (χ0n) is 8.26. The summed E-state index contributed by atoms with van der Waals surface area (Å²) in [5.41, 5.74) is 0. The molecule has 0 N–H and O–H groups in total. The van der Waals surface area contributed by atoms with Crippen molar-refractivity contribution in [3.8, 4) is 0 Å². The van der Waals surface area contributed by atoms with E-state index in [9.17, 15) is 0 Å². The summed E-state index contributed by atoms with van der Waals surface area (Å²) < 4.78 is 16.3. The minimum atomic E-state index is -2.31. The average Bonchev–Trinajstić information content (AvgIpc) is 2.06. The Hall–Kier alpha value is 0.763. The van der Waals surface area contributed by atoms with Gasteiger partial charge in [-0.2, -0.15) is 0 Å². The summed E-state index contributed by atoms with van der Waals surface area (Å²) in [6.45, 7) is 8.31. The van der Waals surface area contributed by atoms with Gasteiger partial charge >= 0.3 is 84.9 Å². The van der Waals surface area contributed by atoms with E-state index in [2.05, 4.69) is 6.92 Å². The van der Waals surface area contributed by atoms with Crippen LogP contribution in [0.15, 0.2) is 0 Å². The van der Waals surface area contributed by atoms with Gasteiger partial charge < -0.3 is 0 Å². The number of unbranched alkanes of at least 4 members (excludes halogenated alkanes) is 1. The molecule has 0 aromatic carbocycles. The van der Waals surface area contributed by atoms with Crippen LogP contribution >= 0.6 is 0 Å². The predicted molar refractivity (Wildman–Crippen MR) is 44.1 cm³/mol. The second kappa shape index (κ2) is 9.85. The van der Waals surface area contributed by atoms with Crippen LogP contribution in [0.2, 0.25) is 0 Å². The molecule has 0 bridgehead atoms. The van der Waals surface area contributed by atoms with E-state index < -0.39 is 23.1 Å². The monoisotopic (exact) mass is 253 g/mol. The first-order valence-corrected chi connectivity index (χ1v) is 7.61. The molecule has 0 saturated heterocycles. The molecule has 0 atom stereocenters. The van der Waals surface area contributed by atoms with Crippen molar-refractivity contribution >= 4 is 0 Å². The van der Waals surface area contributed by atoms with Crippen LogP contribution in [0.25, 0.3) is 0 Å². The zero-order chi connectivity index (χ0) is 9.23. The van der Waals surface area contributed by atoms with Gasteiger partial charge in [0.25, 0.3) is 0 Å². The molecule has 0 fully saturated rings. The van der Waals surface area contributed by atoms with Crippen molar-refractivity contribution in [3.05, 3.63) is 0 Å². The van der Waals surface area contributed by atoms with Crippen LogP contribution in [0.1, 0.15) is 33.6 Å². The van der Waals surface area contributed by atoms with Crippen molar-refractivity contribution in [2.45, 2.75) is 33.6 Å². The molecular formula is C8H19O3Zr. The molecule has 12 heavy (non-hydrogen) atoms. The molecule has 0 aliphatic carbocycles. The van der Waals surface area contributed by atoms with E-state index in [-0.39, 0.29) is 0 Å². The van der Waals surface area contributed by atoms with Crippen molar-refractivity contribution in [1.29, 1.82) is 0 Å². The normalized spacial score (nSPS) is 10.2. The summed E-state index contributed by atoms with van der Waals surface area (Å²) in [6, 6.07) is 0. The Labute approximate surface area is 84.9 Å². The van der Waals surface area contributed by atoms with Gasteiger partial charge in [-0.25, -0.2) is 0 Å². The van der Waals surface area contributed by atoms with Crippen LogP contribution in [-0.4, -0.2) is 19.8 Å². The van der Waals surface area contributed by atoms with Gasteiger partial charge in [0, 0.05) is 0 Å². The summed E-state index contributed by atoms with van der Waals surface area (Å²) in [6.07, 6.45) is 2.26.